The van der Waals surface area contributed by atoms with E-state index in [9.17, 15) is 0 Å². The number of hydrogen-bond acceptors (Lipinski definition) is 5. The molecule has 0 spiro atoms. The van der Waals surface area contributed by atoms with Gasteiger partial charge in [0.2, 0.25) is 5.88 Å². The highest BCUT2D eigenvalue weighted by Gasteiger charge is 2.10. The standard InChI is InChI=1S/C12H22N4O/c1-5-10-14-11(16-13)9(4)12(15-10)17-7-6-8(2)3/h8H,5-7,13H2,1-4H3,(H,14,15,16). The number of aromatic nitrogens is 2. The first-order chi connectivity index (χ1) is 8.08. The van der Waals surface area contributed by atoms with Crippen LogP contribution in [0.3, 0.4) is 0 Å². The van der Waals surface area contributed by atoms with Crippen molar-refractivity contribution in [1.82, 2.24) is 9.97 Å². The van der Waals surface area contributed by atoms with Crippen molar-refractivity contribution in [2.24, 2.45) is 11.8 Å². The molecular formula is C12H22N4O. The van der Waals surface area contributed by atoms with Crippen LogP contribution in [0.2, 0.25) is 0 Å². The van der Waals surface area contributed by atoms with E-state index in [1.807, 2.05) is 13.8 Å². The number of nitrogen functional groups attached to an aromatic ring is 1. The number of nitrogens with zero attached hydrogens (tertiary/aromatic N) is 2. The van der Waals surface area contributed by atoms with Crippen LogP contribution in [0.5, 0.6) is 5.88 Å². The lowest BCUT2D eigenvalue weighted by Crippen LogP contribution is -2.14. The largest absolute Gasteiger partial charge is 0.477 e. The fraction of sp³-hybridized carbons (Fsp3) is 0.667. The molecule has 5 nitrogen and oxygen atoms in total. The molecule has 0 aliphatic rings. The number of aryl methyl sites for hydroxylation is 1. The predicted molar refractivity (Wildman–Crippen MR) is 68.9 cm³/mol. The Balaban J connectivity index is 2.82. The maximum absolute atomic E-state index is 5.69. The molecule has 0 saturated heterocycles. The molecule has 0 atom stereocenters. The second kappa shape index (κ2) is 6.39. The summed E-state index contributed by atoms with van der Waals surface area (Å²) in [5, 5.41) is 0. The average Bonchev–Trinajstić information content (AvgIpc) is 2.31. The summed E-state index contributed by atoms with van der Waals surface area (Å²) in [6.07, 6.45) is 1.77. The molecule has 1 heterocycles. The summed E-state index contributed by atoms with van der Waals surface area (Å²) < 4.78 is 5.69. The third-order valence-electron chi connectivity index (χ3n) is 2.53. The van der Waals surface area contributed by atoms with Gasteiger partial charge in [-0.25, -0.2) is 10.8 Å². The maximum atomic E-state index is 5.69. The Hall–Kier alpha value is -1.36. The lowest BCUT2D eigenvalue weighted by molar-refractivity contribution is 0.276. The molecule has 0 saturated carbocycles. The van der Waals surface area contributed by atoms with Crippen molar-refractivity contribution < 1.29 is 4.74 Å². The first-order valence-electron chi connectivity index (χ1n) is 6.05. The van der Waals surface area contributed by atoms with Crippen LogP contribution in [0, 0.1) is 12.8 Å². The Morgan fingerprint density at radius 1 is 1.35 bits per heavy atom. The molecule has 96 valence electrons. The van der Waals surface area contributed by atoms with Crippen molar-refractivity contribution in [2.45, 2.75) is 40.5 Å². The zero-order valence-electron chi connectivity index (χ0n) is 11.1. The molecule has 1 aromatic rings. The average molecular weight is 238 g/mol. The fourth-order valence-corrected chi connectivity index (χ4v) is 1.37. The summed E-state index contributed by atoms with van der Waals surface area (Å²) in [4.78, 5) is 8.65. The second-order valence-electron chi connectivity index (χ2n) is 4.45. The number of nitrogens with one attached hydrogen (secondary N) is 1. The third kappa shape index (κ3) is 3.85. The van der Waals surface area contributed by atoms with Gasteiger partial charge in [-0.1, -0.05) is 20.8 Å². The van der Waals surface area contributed by atoms with Gasteiger partial charge in [-0.2, -0.15) is 4.98 Å². The van der Waals surface area contributed by atoms with Crippen molar-refractivity contribution in [3.63, 3.8) is 0 Å². The van der Waals surface area contributed by atoms with Gasteiger partial charge in [0.15, 0.2) is 0 Å². The third-order valence-corrected chi connectivity index (χ3v) is 2.53. The molecule has 0 bridgehead atoms. The van der Waals surface area contributed by atoms with Gasteiger partial charge in [0.25, 0.3) is 0 Å². The number of rotatable bonds is 6. The van der Waals surface area contributed by atoms with Crippen LogP contribution in [0.4, 0.5) is 5.82 Å². The minimum Gasteiger partial charge on any atom is -0.477 e. The van der Waals surface area contributed by atoms with Crippen LogP contribution >= 0.6 is 0 Å². The van der Waals surface area contributed by atoms with E-state index in [4.69, 9.17) is 10.6 Å². The molecule has 17 heavy (non-hydrogen) atoms. The number of anilines is 1. The Morgan fingerprint density at radius 3 is 2.59 bits per heavy atom. The lowest BCUT2D eigenvalue weighted by atomic mass is 10.1. The van der Waals surface area contributed by atoms with Crippen molar-refractivity contribution in [2.75, 3.05) is 12.0 Å². The van der Waals surface area contributed by atoms with Gasteiger partial charge in [-0.15, -0.1) is 0 Å². The summed E-state index contributed by atoms with van der Waals surface area (Å²) >= 11 is 0. The van der Waals surface area contributed by atoms with Gasteiger partial charge in [-0.05, 0) is 19.3 Å². The summed E-state index contributed by atoms with van der Waals surface area (Å²) in [6.45, 7) is 8.91. The Kier molecular flexibility index (Phi) is 5.15. The topological polar surface area (TPSA) is 73.1 Å². The van der Waals surface area contributed by atoms with Crippen molar-refractivity contribution in [1.29, 1.82) is 0 Å². The van der Waals surface area contributed by atoms with E-state index >= 15 is 0 Å². The summed E-state index contributed by atoms with van der Waals surface area (Å²) in [5.41, 5.74) is 3.43. The van der Waals surface area contributed by atoms with Crippen LogP contribution in [0.1, 0.15) is 38.6 Å². The zero-order chi connectivity index (χ0) is 12.8. The minimum absolute atomic E-state index is 0.620. The van der Waals surface area contributed by atoms with Gasteiger partial charge in [0.05, 0.1) is 12.2 Å². The van der Waals surface area contributed by atoms with E-state index in [-0.39, 0.29) is 0 Å². The van der Waals surface area contributed by atoms with E-state index in [0.717, 1.165) is 24.2 Å². The molecule has 0 amide bonds. The number of hydrogen-bond donors (Lipinski definition) is 2. The Bertz CT molecular complexity index is 366. The smallest absolute Gasteiger partial charge is 0.221 e. The first kappa shape index (κ1) is 13.7. The molecule has 0 unspecified atom stereocenters. The normalized spacial score (nSPS) is 10.7. The van der Waals surface area contributed by atoms with E-state index < -0.39 is 0 Å². The minimum atomic E-state index is 0.620. The molecule has 0 fully saturated rings. The van der Waals surface area contributed by atoms with E-state index in [0.29, 0.717) is 24.2 Å². The van der Waals surface area contributed by atoms with Crippen LogP contribution in [0.25, 0.3) is 0 Å². The molecule has 0 aliphatic heterocycles. The predicted octanol–water partition coefficient (Wildman–Crippen LogP) is 2.06. The molecule has 5 heteroatoms. The fourth-order valence-electron chi connectivity index (χ4n) is 1.37. The SMILES string of the molecule is CCc1nc(NN)c(C)c(OCCC(C)C)n1. The van der Waals surface area contributed by atoms with Gasteiger partial charge < -0.3 is 10.2 Å². The van der Waals surface area contributed by atoms with Gasteiger partial charge in [-0.3, -0.25) is 0 Å². The molecule has 0 aliphatic carbocycles. The lowest BCUT2D eigenvalue weighted by Gasteiger charge is -2.13. The van der Waals surface area contributed by atoms with Gasteiger partial charge in [0.1, 0.15) is 11.6 Å². The highest BCUT2D eigenvalue weighted by atomic mass is 16.5. The molecule has 1 aromatic heterocycles. The van der Waals surface area contributed by atoms with E-state index in [1.165, 1.54) is 0 Å². The number of nitrogens with two attached hydrogens (primary N) is 1. The molecule has 1 rings (SSSR count). The van der Waals surface area contributed by atoms with Crippen LogP contribution in [0.15, 0.2) is 0 Å². The molecule has 0 aromatic carbocycles. The first-order valence-corrected chi connectivity index (χ1v) is 6.05. The molecular weight excluding hydrogens is 216 g/mol. The van der Waals surface area contributed by atoms with Crippen LogP contribution in [-0.2, 0) is 6.42 Å². The van der Waals surface area contributed by atoms with E-state index in [1.54, 1.807) is 0 Å². The summed E-state index contributed by atoms with van der Waals surface area (Å²) in [5.74, 6) is 8.05. The van der Waals surface area contributed by atoms with Crippen molar-refractivity contribution >= 4 is 5.82 Å². The quantitative estimate of drug-likeness (QED) is 0.586. The highest BCUT2D eigenvalue weighted by molar-refractivity contribution is 5.47. The number of ether oxygens (including phenoxy) is 1. The monoisotopic (exact) mass is 238 g/mol. The summed E-state index contributed by atoms with van der Waals surface area (Å²) in [7, 11) is 0. The van der Waals surface area contributed by atoms with Crippen LogP contribution < -0.4 is 16.0 Å². The zero-order valence-corrected chi connectivity index (χ0v) is 11.1. The molecule has 3 N–H and O–H groups in total. The van der Waals surface area contributed by atoms with Gasteiger partial charge >= 0.3 is 0 Å². The van der Waals surface area contributed by atoms with Crippen molar-refractivity contribution in [3.8, 4) is 5.88 Å². The second-order valence-corrected chi connectivity index (χ2v) is 4.45. The van der Waals surface area contributed by atoms with E-state index in [2.05, 4.69) is 29.2 Å². The Morgan fingerprint density at radius 2 is 2.06 bits per heavy atom. The van der Waals surface area contributed by atoms with Crippen molar-refractivity contribution in [3.05, 3.63) is 11.4 Å². The van der Waals surface area contributed by atoms with Crippen LogP contribution in [-0.4, -0.2) is 16.6 Å². The Labute approximate surface area is 103 Å². The highest BCUT2D eigenvalue weighted by Crippen LogP contribution is 2.21. The summed E-state index contributed by atoms with van der Waals surface area (Å²) in [6, 6.07) is 0. The van der Waals surface area contributed by atoms with Gasteiger partial charge in [0, 0.05) is 6.42 Å². The number of hydrazine groups is 1. The maximum Gasteiger partial charge on any atom is 0.221 e. The molecule has 0 radical (unpaired) electrons.